The minimum atomic E-state index is -0.227. The molecule has 94 valence electrons. The third-order valence-electron chi connectivity index (χ3n) is 2.44. The fraction of sp³-hybridized carbons (Fsp3) is 0.545. The summed E-state index contributed by atoms with van der Waals surface area (Å²) in [6.07, 6.45) is 0. The van der Waals surface area contributed by atoms with Crippen molar-refractivity contribution < 1.29 is 14.3 Å². The van der Waals surface area contributed by atoms with E-state index in [0.717, 1.165) is 34.9 Å². The largest absolute Gasteiger partial charge is 0.462 e. The molecule has 0 N–H and O–H groups in total. The van der Waals surface area contributed by atoms with Gasteiger partial charge in [0.2, 0.25) is 0 Å². The van der Waals surface area contributed by atoms with Crippen LogP contribution in [0.3, 0.4) is 0 Å². The number of anilines is 1. The van der Waals surface area contributed by atoms with E-state index in [1.807, 2.05) is 13.0 Å². The summed E-state index contributed by atoms with van der Waals surface area (Å²) in [7, 11) is 0. The molecule has 1 aromatic heterocycles. The first-order valence-electron chi connectivity index (χ1n) is 5.51. The highest BCUT2D eigenvalue weighted by Crippen LogP contribution is 2.33. The zero-order chi connectivity index (χ0) is 12.3. The van der Waals surface area contributed by atoms with Gasteiger partial charge in [0.25, 0.3) is 0 Å². The number of halogens is 1. The Morgan fingerprint density at radius 3 is 2.94 bits per heavy atom. The van der Waals surface area contributed by atoms with Crippen LogP contribution in [0.1, 0.15) is 16.6 Å². The van der Waals surface area contributed by atoms with Gasteiger partial charge in [-0.15, -0.1) is 11.3 Å². The Balaban J connectivity index is 2.15. The van der Waals surface area contributed by atoms with Crippen molar-refractivity contribution in [1.29, 1.82) is 0 Å². The number of thiophene rings is 1. The van der Waals surface area contributed by atoms with Gasteiger partial charge >= 0.3 is 5.97 Å². The molecule has 0 atom stereocenters. The lowest BCUT2D eigenvalue weighted by atomic mass is 10.4. The van der Waals surface area contributed by atoms with Crippen LogP contribution in [0.4, 0.5) is 5.00 Å². The van der Waals surface area contributed by atoms with Gasteiger partial charge in [-0.2, -0.15) is 0 Å². The van der Waals surface area contributed by atoms with Crippen molar-refractivity contribution in [1.82, 2.24) is 0 Å². The van der Waals surface area contributed by atoms with E-state index in [2.05, 4.69) is 27.5 Å². The Morgan fingerprint density at radius 2 is 2.29 bits per heavy atom. The second-order valence-corrected chi connectivity index (χ2v) is 5.78. The van der Waals surface area contributed by atoms with Gasteiger partial charge in [-0.05, 0) is 35.6 Å². The number of ether oxygens (including phenoxy) is 2. The maximum atomic E-state index is 11.6. The van der Waals surface area contributed by atoms with Gasteiger partial charge in [-0.25, -0.2) is 4.79 Å². The lowest BCUT2D eigenvalue weighted by Gasteiger charge is -2.27. The minimum Gasteiger partial charge on any atom is -0.462 e. The van der Waals surface area contributed by atoms with E-state index in [-0.39, 0.29) is 5.97 Å². The van der Waals surface area contributed by atoms with E-state index in [9.17, 15) is 4.79 Å². The summed E-state index contributed by atoms with van der Waals surface area (Å²) in [5.41, 5.74) is 0. The zero-order valence-corrected chi connectivity index (χ0v) is 12.5. The van der Waals surface area contributed by atoms with E-state index in [1.54, 1.807) is 0 Å². The number of hydrogen-bond donors (Lipinski definition) is 0. The quantitative estimate of drug-likeness (QED) is 0.608. The number of hydrogen-bond acceptors (Lipinski definition) is 5. The molecule has 6 heteroatoms. The SMILES string of the molecule is CCOC(=O)c1cc(I)c(N2CCOCC2)s1. The molecule has 0 bridgehead atoms. The number of carbonyl (C=O) groups excluding carboxylic acids is 1. The van der Waals surface area contributed by atoms with Gasteiger partial charge in [0.05, 0.1) is 19.8 Å². The molecule has 0 aromatic carbocycles. The molecule has 0 unspecified atom stereocenters. The summed E-state index contributed by atoms with van der Waals surface area (Å²) in [5.74, 6) is -0.227. The molecule has 0 spiro atoms. The third-order valence-corrected chi connectivity index (χ3v) is 4.81. The summed E-state index contributed by atoms with van der Waals surface area (Å²) in [5, 5.41) is 1.15. The molecule has 2 heterocycles. The monoisotopic (exact) mass is 367 g/mol. The highest BCUT2D eigenvalue weighted by Gasteiger charge is 2.20. The summed E-state index contributed by atoms with van der Waals surface area (Å²) < 4.78 is 11.4. The van der Waals surface area contributed by atoms with Crippen molar-refractivity contribution in [3.8, 4) is 0 Å². The predicted molar refractivity (Wildman–Crippen MR) is 76.0 cm³/mol. The van der Waals surface area contributed by atoms with E-state index in [0.29, 0.717) is 11.5 Å². The van der Waals surface area contributed by atoms with Crippen molar-refractivity contribution in [2.45, 2.75) is 6.92 Å². The number of nitrogens with zero attached hydrogens (tertiary/aromatic N) is 1. The van der Waals surface area contributed by atoms with Crippen molar-refractivity contribution in [2.24, 2.45) is 0 Å². The molecule has 0 aliphatic carbocycles. The Kier molecular flexibility index (Phi) is 4.63. The van der Waals surface area contributed by atoms with E-state index in [4.69, 9.17) is 9.47 Å². The summed E-state index contributed by atoms with van der Waals surface area (Å²) in [6, 6.07) is 1.90. The average molecular weight is 367 g/mol. The van der Waals surface area contributed by atoms with Crippen molar-refractivity contribution in [2.75, 3.05) is 37.8 Å². The second-order valence-electron chi connectivity index (χ2n) is 3.58. The van der Waals surface area contributed by atoms with Gasteiger partial charge < -0.3 is 14.4 Å². The van der Waals surface area contributed by atoms with Crippen LogP contribution < -0.4 is 4.90 Å². The molecule has 1 aliphatic heterocycles. The first kappa shape index (κ1) is 13.1. The molecule has 1 fully saturated rings. The topological polar surface area (TPSA) is 38.8 Å². The Labute approximate surface area is 118 Å². The second kappa shape index (κ2) is 6.01. The van der Waals surface area contributed by atoms with Crippen LogP contribution in [0, 0.1) is 3.57 Å². The first-order valence-corrected chi connectivity index (χ1v) is 7.41. The zero-order valence-electron chi connectivity index (χ0n) is 9.57. The van der Waals surface area contributed by atoms with Crippen molar-refractivity contribution in [3.63, 3.8) is 0 Å². The Bertz CT molecular complexity index is 401. The fourth-order valence-corrected chi connectivity index (χ4v) is 3.83. The molecule has 1 aromatic rings. The Morgan fingerprint density at radius 1 is 1.59 bits per heavy atom. The van der Waals surface area contributed by atoms with Crippen LogP contribution >= 0.6 is 33.9 Å². The van der Waals surface area contributed by atoms with Crippen LogP contribution in [0.2, 0.25) is 0 Å². The van der Waals surface area contributed by atoms with Gasteiger partial charge in [-0.1, -0.05) is 0 Å². The van der Waals surface area contributed by atoms with Gasteiger partial charge in [0.1, 0.15) is 9.88 Å². The van der Waals surface area contributed by atoms with Crippen LogP contribution in [0.25, 0.3) is 0 Å². The molecule has 1 saturated heterocycles. The number of morpholine rings is 1. The highest BCUT2D eigenvalue weighted by atomic mass is 127. The van der Waals surface area contributed by atoms with Gasteiger partial charge in [0, 0.05) is 16.7 Å². The molecule has 0 radical (unpaired) electrons. The van der Waals surface area contributed by atoms with Gasteiger partial charge in [0.15, 0.2) is 0 Å². The highest BCUT2D eigenvalue weighted by molar-refractivity contribution is 14.1. The summed E-state index contributed by atoms with van der Waals surface area (Å²) in [6.45, 7) is 5.52. The van der Waals surface area contributed by atoms with E-state index < -0.39 is 0 Å². The molecule has 0 amide bonds. The van der Waals surface area contributed by atoms with E-state index in [1.165, 1.54) is 11.3 Å². The van der Waals surface area contributed by atoms with Crippen LogP contribution in [0.5, 0.6) is 0 Å². The van der Waals surface area contributed by atoms with Crippen LogP contribution in [-0.4, -0.2) is 38.9 Å². The lowest BCUT2D eigenvalue weighted by Crippen LogP contribution is -2.36. The number of esters is 1. The maximum Gasteiger partial charge on any atom is 0.348 e. The van der Waals surface area contributed by atoms with E-state index >= 15 is 0 Å². The third kappa shape index (κ3) is 3.11. The molecular weight excluding hydrogens is 353 g/mol. The molecule has 1 aliphatic rings. The normalized spacial score (nSPS) is 16.0. The molecule has 0 saturated carbocycles. The number of rotatable bonds is 3. The van der Waals surface area contributed by atoms with Crippen LogP contribution in [-0.2, 0) is 9.47 Å². The standard InChI is InChI=1S/C11H14INO3S/c1-2-16-11(14)9-7-8(12)10(17-9)13-3-5-15-6-4-13/h7H,2-6H2,1H3. The maximum absolute atomic E-state index is 11.6. The first-order chi connectivity index (χ1) is 8.22. The molecule has 17 heavy (non-hydrogen) atoms. The van der Waals surface area contributed by atoms with Crippen molar-refractivity contribution >= 4 is 44.9 Å². The van der Waals surface area contributed by atoms with Gasteiger partial charge in [-0.3, -0.25) is 0 Å². The fourth-order valence-electron chi connectivity index (χ4n) is 1.64. The smallest absolute Gasteiger partial charge is 0.348 e. The summed E-state index contributed by atoms with van der Waals surface area (Å²) >= 11 is 3.77. The molecular formula is C11H14INO3S. The summed E-state index contributed by atoms with van der Waals surface area (Å²) in [4.78, 5) is 14.6. The Hall–Kier alpha value is -0.340. The van der Waals surface area contributed by atoms with Crippen LogP contribution in [0.15, 0.2) is 6.07 Å². The minimum absolute atomic E-state index is 0.227. The number of carbonyl (C=O) groups is 1. The molecule has 2 rings (SSSR count). The van der Waals surface area contributed by atoms with Crippen molar-refractivity contribution in [3.05, 3.63) is 14.5 Å². The average Bonchev–Trinajstić information content (AvgIpc) is 2.73. The predicted octanol–water partition coefficient (Wildman–Crippen LogP) is 2.37. The lowest BCUT2D eigenvalue weighted by molar-refractivity contribution is 0.0532. The molecule has 4 nitrogen and oxygen atoms in total.